The summed E-state index contributed by atoms with van der Waals surface area (Å²) >= 11 is 0. The Morgan fingerprint density at radius 3 is 0.857 bits per heavy atom. The average molecular weight is 1530 g/mol. The fourth-order valence-electron chi connectivity index (χ4n) is 18.6. The van der Waals surface area contributed by atoms with Crippen LogP contribution in [-0.2, 0) is 5.41 Å². The number of benzene rings is 18. The summed E-state index contributed by atoms with van der Waals surface area (Å²) in [7, 11) is 0. The smallest absolute Gasteiger partial charge is 0.0971 e. The molecule has 6 heterocycles. The molecule has 0 spiro atoms. The lowest BCUT2D eigenvalue weighted by Crippen LogP contribution is -2.10. The zero-order valence-electron chi connectivity index (χ0n) is 66.7. The summed E-state index contributed by atoms with van der Waals surface area (Å²) in [5, 5.41) is 21.7. The van der Waals surface area contributed by atoms with Gasteiger partial charge in [-0.2, -0.15) is 0 Å². The average Bonchev–Trinajstić information content (AvgIpc) is 1.54. The molecule has 0 saturated carbocycles. The molecule has 0 unspecified atom stereocenters. The lowest BCUT2D eigenvalue weighted by molar-refractivity contribution is 0.591. The Balaban J connectivity index is 0.000000107. The number of aryl methyl sites for hydroxylation is 1. The second-order valence-corrected chi connectivity index (χ2v) is 32.8. The van der Waals surface area contributed by atoms with Crippen LogP contribution in [0.2, 0.25) is 0 Å². The minimum Gasteiger partial charge on any atom is -0.309 e. The van der Waals surface area contributed by atoms with E-state index in [0.717, 1.165) is 82.5 Å². The van der Waals surface area contributed by atoms with Gasteiger partial charge in [0.05, 0.1) is 66.2 Å². The Morgan fingerprint density at radius 1 is 0.218 bits per heavy atom. The molecule has 0 aliphatic carbocycles. The van der Waals surface area contributed by atoms with Crippen molar-refractivity contribution < 1.29 is 0 Å². The predicted octanol–water partition coefficient (Wildman–Crippen LogP) is 28.8. The van der Waals surface area contributed by atoms with Gasteiger partial charge in [0.15, 0.2) is 0 Å². The first-order valence-electron chi connectivity index (χ1n) is 41.0. The van der Waals surface area contributed by atoms with E-state index in [9.17, 15) is 0 Å². The van der Waals surface area contributed by atoms with Crippen molar-refractivity contribution >= 4 is 163 Å². The quantitative estimate of drug-likeness (QED) is 0.148. The fourth-order valence-corrected chi connectivity index (χ4v) is 18.6. The number of para-hydroxylation sites is 3. The topological polar surface area (TPSA) is 92.1 Å². The third-order valence-electron chi connectivity index (χ3n) is 24.4. The highest BCUT2D eigenvalue weighted by Gasteiger charge is 2.23. The molecule has 0 aliphatic rings. The molecule has 0 fully saturated rings. The van der Waals surface area contributed by atoms with Crippen molar-refractivity contribution in [1.82, 2.24) is 43.6 Å². The van der Waals surface area contributed by atoms with E-state index in [2.05, 4.69) is 398 Å². The maximum absolute atomic E-state index is 4.72. The van der Waals surface area contributed by atoms with E-state index in [1.807, 2.05) is 0 Å². The first-order chi connectivity index (χ1) is 58.4. The molecule has 6 aromatic heterocycles. The summed E-state index contributed by atoms with van der Waals surface area (Å²) in [6.45, 7) is 13.5. The summed E-state index contributed by atoms with van der Waals surface area (Å²) in [5.74, 6) is 0.488. The first kappa shape index (κ1) is 70.6. The zero-order valence-corrected chi connectivity index (χ0v) is 66.7. The summed E-state index contributed by atoms with van der Waals surface area (Å²) in [6.07, 6.45) is 10.7. The molecule has 0 atom stereocenters. The Morgan fingerprint density at radius 2 is 0.504 bits per heavy atom. The first-order valence-corrected chi connectivity index (χ1v) is 41.0. The Kier molecular flexibility index (Phi) is 16.7. The highest BCUT2D eigenvalue weighted by molar-refractivity contribution is 6.26. The lowest BCUT2D eigenvalue weighted by atomic mass is 9.86. The summed E-state index contributed by atoms with van der Waals surface area (Å²) < 4.78 is 7.19. The van der Waals surface area contributed by atoms with Gasteiger partial charge in [0, 0.05) is 119 Å². The third-order valence-corrected chi connectivity index (χ3v) is 24.4. The van der Waals surface area contributed by atoms with Gasteiger partial charge in [-0.1, -0.05) is 259 Å². The van der Waals surface area contributed by atoms with Crippen LogP contribution in [0.4, 0.5) is 0 Å². The fraction of sp³-hybridized carbons (Fsp3) is 0.0727. The second kappa shape index (κ2) is 28.1. The molecule has 0 saturated heterocycles. The monoisotopic (exact) mass is 1530 g/mol. The summed E-state index contributed by atoms with van der Waals surface area (Å²) in [4.78, 5) is 28.2. The highest BCUT2D eigenvalue weighted by Crippen LogP contribution is 2.44. The molecule has 9 heteroatoms. The van der Waals surface area contributed by atoms with E-state index >= 15 is 0 Å². The molecule has 119 heavy (non-hydrogen) atoms. The van der Waals surface area contributed by atoms with Gasteiger partial charge in [-0.25, -0.2) is 0 Å². The standard InChI is InChI=1S/C38H29N3.C37H27N3.C35H23N3/c1-38(2,3)26-16-18-35-33(23-26)29-12-6-7-14-34(29)41(35)27-10-8-9-24(21-27)25-15-17-31-32(22-25)28-11-4-5-13-30(28)36-37(31)40-20-19-39-36;1-23(2)24-15-17-35-33(21-24)29-11-5-6-13-34(29)40(35)27-9-7-8-25(20-27)26-14-16-31-32(22-26)28-10-3-4-12-30(28)36-37(31)39-19-18-38-36;1-22-13-16-33-31(19-22)27-10-4-5-12-32(27)38(33)25-8-6-7-23(20-25)24-14-15-29-30(21-24)26-9-2-3-11-28(26)34-35(29)37-18-17-36-34/h4-23H,1-3H3;3-23H,1-2H3;2-21H,1H3. The molecule has 0 bridgehead atoms. The van der Waals surface area contributed by atoms with Crippen LogP contribution in [0, 0.1) is 6.92 Å². The second-order valence-electron chi connectivity index (χ2n) is 32.8. The van der Waals surface area contributed by atoms with Gasteiger partial charge in [0.25, 0.3) is 0 Å². The van der Waals surface area contributed by atoms with Crippen LogP contribution in [0.3, 0.4) is 0 Å². The Hall–Kier alpha value is -15.1. The molecule has 24 rings (SSSR count). The van der Waals surface area contributed by atoms with Crippen molar-refractivity contribution in [3.63, 3.8) is 0 Å². The predicted molar refractivity (Wildman–Crippen MR) is 501 cm³/mol. The number of hydrogen-bond donors (Lipinski definition) is 0. The van der Waals surface area contributed by atoms with E-state index in [-0.39, 0.29) is 5.41 Å². The van der Waals surface area contributed by atoms with Crippen molar-refractivity contribution in [3.05, 3.63) is 381 Å². The Bertz CT molecular complexity index is 8190. The van der Waals surface area contributed by atoms with E-state index in [0.29, 0.717) is 5.92 Å². The van der Waals surface area contributed by atoms with E-state index < -0.39 is 0 Å². The number of aromatic nitrogens is 9. The molecule has 0 aliphatic heterocycles. The van der Waals surface area contributed by atoms with Gasteiger partial charge < -0.3 is 13.7 Å². The van der Waals surface area contributed by atoms with Crippen LogP contribution in [-0.4, -0.2) is 43.6 Å². The normalized spacial score (nSPS) is 12.0. The van der Waals surface area contributed by atoms with Crippen LogP contribution in [0.1, 0.15) is 57.2 Å². The lowest BCUT2D eigenvalue weighted by Gasteiger charge is -2.19. The molecule has 564 valence electrons. The van der Waals surface area contributed by atoms with Gasteiger partial charge in [-0.05, 0) is 204 Å². The van der Waals surface area contributed by atoms with Crippen molar-refractivity contribution in [1.29, 1.82) is 0 Å². The van der Waals surface area contributed by atoms with Gasteiger partial charge in [0.1, 0.15) is 0 Å². The van der Waals surface area contributed by atoms with Gasteiger partial charge >= 0.3 is 0 Å². The minimum absolute atomic E-state index is 0.0917. The maximum Gasteiger partial charge on any atom is 0.0971 e. The largest absolute Gasteiger partial charge is 0.309 e. The molecule has 24 aromatic rings. The number of nitrogens with zero attached hydrogens (tertiary/aromatic N) is 9. The summed E-state index contributed by atoms with van der Waals surface area (Å²) in [6, 6.07) is 119. The van der Waals surface area contributed by atoms with E-state index in [4.69, 9.17) is 15.0 Å². The molecule has 18 aromatic carbocycles. The van der Waals surface area contributed by atoms with Gasteiger partial charge in [-0.3, -0.25) is 29.9 Å². The van der Waals surface area contributed by atoms with Crippen LogP contribution >= 0.6 is 0 Å². The van der Waals surface area contributed by atoms with Crippen molar-refractivity contribution in [3.8, 4) is 50.4 Å². The molecule has 0 radical (unpaired) electrons. The molecule has 0 N–H and O–H groups in total. The van der Waals surface area contributed by atoms with Crippen LogP contribution in [0.5, 0.6) is 0 Å². The maximum atomic E-state index is 4.72. The van der Waals surface area contributed by atoms with Crippen LogP contribution in [0.15, 0.2) is 365 Å². The van der Waals surface area contributed by atoms with Crippen molar-refractivity contribution in [2.45, 2.75) is 52.9 Å². The molecule has 9 nitrogen and oxygen atoms in total. The highest BCUT2D eigenvalue weighted by atomic mass is 15.0. The number of hydrogen-bond acceptors (Lipinski definition) is 6. The summed E-state index contributed by atoms with van der Waals surface area (Å²) in [5.41, 5.74) is 27.7. The third kappa shape index (κ3) is 11.8. The van der Waals surface area contributed by atoms with E-state index in [1.54, 1.807) is 37.2 Å². The molecular formula is C110H79N9. The minimum atomic E-state index is 0.0917. The Labute approximate surface area is 687 Å². The van der Waals surface area contributed by atoms with Crippen LogP contribution in [0.25, 0.3) is 214 Å². The number of rotatable bonds is 7. The van der Waals surface area contributed by atoms with Gasteiger partial charge in [-0.15, -0.1) is 0 Å². The van der Waals surface area contributed by atoms with Crippen LogP contribution < -0.4 is 0 Å². The SMILES string of the molecule is CC(C)(C)c1ccc2c(c1)c1ccccc1n2-c1cccc(-c2ccc3c(c2)c2ccccc2c2nccnc32)c1.CC(C)c1ccc2c(c1)c1ccccc1n2-c1cccc(-c2ccc3c(c2)c2ccccc2c2nccnc32)c1.Cc1ccc2c(c1)c1ccccc1n2-c1cccc(-c2ccc3c(c2)c2ccccc2c2nccnc32)c1. The molecular weight excluding hydrogens is 1450 g/mol. The van der Waals surface area contributed by atoms with Crippen molar-refractivity contribution in [2.75, 3.05) is 0 Å². The zero-order chi connectivity index (χ0) is 79.7. The van der Waals surface area contributed by atoms with Gasteiger partial charge in [0.2, 0.25) is 0 Å². The van der Waals surface area contributed by atoms with Crippen molar-refractivity contribution in [2.24, 2.45) is 0 Å². The molecule has 0 amide bonds. The number of fused-ring (bicyclic) bond motifs is 27. The van der Waals surface area contributed by atoms with E-state index in [1.165, 1.54) is 148 Å².